The summed E-state index contributed by atoms with van der Waals surface area (Å²) in [5, 5.41) is 0. The molecule has 0 bridgehead atoms. The van der Waals surface area contributed by atoms with Crippen LogP contribution in [0.5, 0.6) is 5.75 Å². The minimum absolute atomic E-state index is 0.0776. The molecule has 0 spiro atoms. The molecule has 0 unspecified atom stereocenters. The molecular formula is C20H21N3O4S3. The summed E-state index contributed by atoms with van der Waals surface area (Å²) in [7, 11) is -3.59. The van der Waals surface area contributed by atoms with Gasteiger partial charge < -0.3 is 9.64 Å². The van der Waals surface area contributed by atoms with Crippen molar-refractivity contribution in [2.75, 3.05) is 32.1 Å². The van der Waals surface area contributed by atoms with Gasteiger partial charge in [0.15, 0.2) is 4.34 Å². The largest absolute Gasteiger partial charge is 0.494 e. The van der Waals surface area contributed by atoms with Gasteiger partial charge in [0, 0.05) is 13.1 Å². The van der Waals surface area contributed by atoms with Crippen LogP contribution in [0.4, 0.5) is 0 Å². The Bertz CT molecular complexity index is 1150. The van der Waals surface area contributed by atoms with Crippen molar-refractivity contribution in [3.05, 3.63) is 48.5 Å². The lowest BCUT2D eigenvalue weighted by Gasteiger charge is -2.18. The summed E-state index contributed by atoms with van der Waals surface area (Å²) >= 11 is 2.89. The maximum atomic E-state index is 12.7. The van der Waals surface area contributed by atoms with Crippen LogP contribution in [0.2, 0.25) is 0 Å². The van der Waals surface area contributed by atoms with E-state index in [2.05, 4.69) is 4.98 Å². The molecule has 0 radical (unpaired) electrons. The minimum atomic E-state index is -3.59. The molecule has 3 aromatic rings. The van der Waals surface area contributed by atoms with E-state index in [1.165, 1.54) is 27.4 Å². The smallest absolute Gasteiger partial charge is 0.244 e. The molecule has 0 atom stereocenters. The number of thiazole rings is 1. The topological polar surface area (TPSA) is 79.8 Å². The van der Waals surface area contributed by atoms with Gasteiger partial charge in [-0.3, -0.25) is 4.79 Å². The van der Waals surface area contributed by atoms with E-state index in [0.717, 1.165) is 20.3 Å². The summed E-state index contributed by atoms with van der Waals surface area (Å²) in [5.41, 5.74) is 0.875. The third kappa shape index (κ3) is 4.46. The molecule has 1 aliphatic rings. The highest BCUT2D eigenvalue weighted by atomic mass is 32.2. The van der Waals surface area contributed by atoms with Gasteiger partial charge in [0.1, 0.15) is 5.75 Å². The van der Waals surface area contributed by atoms with E-state index in [1.54, 1.807) is 35.2 Å². The van der Waals surface area contributed by atoms with Gasteiger partial charge in [-0.1, -0.05) is 30.0 Å². The average molecular weight is 464 g/mol. The number of nitrogens with zero attached hydrogens (tertiary/aromatic N) is 3. The fourth-order valence-corrected chi connectivity index (χ4v) is 6.53. The second-order valence-electron chi connectivity index (χ2n) is 6.62. The van der Waals surface area contributed by atoms with Crippen LogP contribution in [-0.4, -0.2) is 60.6 Å². The number of hydrogen-bond acceptors (Lipinski definition) is 7. The highest BCUT2D eigenvalue weighted by molar-refractivity contribution is 8.01. The van der Waals surface area contributed by atoms with E-state index >= 15 is 0 Å². The number of rotatable bonds is 7. The van der Waals surface area contributed by atoms with Crippen LogP contribution in [0.1, 0.15) is 6.92 Å². The third-order valence-electron chi connectivity index (χ3n) is 4.65. The van der Waals surface area contributed by atoms with Gasteiger partial charge in [0.25, 0.3) is 0 Å². The molecule has 1 amide bonds. The Kier molecular flexibility index (Phi) is 6.28. The summed E-state index contributed by atoms with van der Waals surface area (Å²) in [5.74, 6) is 0.926. The third-order valence-corrected chi connectivity index (χ3v) is 8.64. The van der Waals surface area contributed by atoms with E-state index in [1.807, 2.05) is 25.1 Å². The van der Waals surface area contributed by atoms with Gasteiger partial charge in [-0.25, -0.2) is 13.4 Å². The van der Waals surface area contributed by atoms with Crippen molar-refractivity contribution in [1.82, 2.24) is 14.2 Å². The first-order chi connectivity index (χ1) is 14.5. The number of ether oxygens (including phenoxy) is 1. The van der Waals surface area contributed by atoms with Crippen LogP contribution < -0.4 is 4.74 Å². The van der Waals surface area contributed by atoms with Crippen LogP contribution in [0.25, 0.3) is 10.2 Å². The lowest BCUT2D eigenvalue weighted by Crippen LogP contribution is -2.34. The van der Waals surface area contributed by atoms with Crippen molar-refractivity contribution in [2.45, 2.75) is 16.2 Å². The molecular weight excluding hydrogens is 442 g/mol. The number of carbonyl (C=O) groups is 1. The first kappa shape index (κ1) is 21.1. The van der Waals surface area contributed by atoms with Crippen molar-refractivity contribution in [3.8, 4) is 5.75 Å². The molecule has 1 aromatic heterocycles. The van der Waals surface area contributed by atoms with Crippen molar-refractivity contribution < 1.29 is 17.9 Å². The monoisotopic (exact) mass is 463 g/mol. The quantitative estimate of drug-likeness (QED) is 0.501. The first-order valence-corrected chi connectivity index (χ1v) is 12.7. The summed E-state index contributed by atoms with van der Waals surface area (Å²) in [4.78, 5) is 19.0. The Balaban J connectivity index is 1.36. The molecule has 0 saturated carbocycles. The van der Waals surface area contributed by atoms with E-state index in [-0.39, 0.29) is 23.2 Å². The second kappa shape index (κ2) is 8.93. The van der Waals surface area contributed by atoms with Crippen molar-refractivity contribution >= 4 is 49.2 Å². The maximum absolute atomic E-state index is 12.7. The van der Waals surface area contributed by atoms with Crippen molar-refractivity contribution in [3.63, 3.8) is 0 Å². The fourth-order valence-electron chi connectivity index (χ4n) is 3.12. The van der Waals surface area contributed by atoms with Gasteiger partial charge in [0.2, 0.25) is 15.9 Å². The molecule has 2 aromatic carbocycles. The number of hydrogen-bond donors (Lipinski definition) is 0. The summed E-state index contributed by atoms with van der Waals surface area (Å²) in [6, 6.07) is 14.0. The summed E-state index contributed by atoms with van der Waals surface area (Å²) in [6.45, 7) is 3.31. The number of aromatic nitrogens is 1. The van der Waals surface area contributed by atoms with Gasteiger partial charge in [-0.15, -0.1) is 11.3 Å². The fraction of sp³-hybridized carbons (Fsp3) is 0.300. The Morgan fingerprint density at radius 2 is 2.00 bits per heavy atom. The number of amides is 1. The predicted octanol–water partition coefficient (Wildman–Crippen LogP) is 3.28. The Morgan fingerprint density at radius 1 is 1.20 bits per heavy atom. The number of carbonyl (C=O) groups excluding carboxylic acids is 1. The van der Waals surface area contributed by atoms with Crippen molar-refractivity contribution in [1.29, 1.82) is 0 Å². The van der Waals surface area contributed by atoms with Gasteiger partial charge in [-0.05, 0) is 37.3 Å². The number of fused-ring (bicyclic) bond motifs is 1. The molecule has 4 rings (SSSR count). The molecule has 7 nitrogen and oxygen atoms in total. The van der Waals surface area contributed by atoms with Gasteiger partial charge >= 0.3 is 0 Å². The van der Waals surface area contributed by atoms with Crippen LogP contribution >= 0.6 is 23.1 Å². The number of thioether (sulfide) groups is 1. The molecule has 0 N–H and O–H groups in total. The molecule has 2 heterocycles. The van der Waals surface area contributed by atoms with Gasteiger partial charge in [0.05, 0.1) is 34.1 Å². The summed E-state index contributed by atoms with van der Waals surface area (Å²) in [6.07, 6.45) is 0. The maximum Gasteiger partial charge on any atom is 0.244 e. The molecule has 1 aliphatic heterocycles. The molecule has 1 fully saturated rings. The minimum Gasteiger partial charge on any atom is -0.494 e. The van der Waals surface area contributed by atoms with Crippen LogP contribution in [-0.2, 0) is 14.8 Å². The Hall–Kier alpha value is -2.14. The highest BCUT2D eigenvalue weighted by Crippen LogP contribution is 2.32. The standard InChI is InChI=1S/C20H21N3O4S3/c1-2-27-15-8-9-17-18(12-15)29-20(21-17)28-13-19(24)22-10-11-23(14-22)30(25,26)16-6-4-3-5-7-16/h3-9,12H,2,10-11,13-14H2,1H3. The second-order valence-corrected chi connectivity index (χ2v) is 10.8. The SMILES string of the molecule is CCOc1ccc2nc(SCC(=O)N3CCN(S(=O)(=O)c4ccccc4)C3)sc2c1. The molecule has 30 heavy (non-hydrogen) atoms. The first-order valence-electron chi connectivity index (χ1n) is 9.46. The molecule has 0 aliphatic carbocycles. The van der Waals surface area contributed by atoms with Crippen molar-refractivity contribution in [2.24, 2.45) is 0 Å². The van der Waals surface area contributed by atoms with E-state index < -0.39 is 10.0 Å². The van der Waals surface area contributed by atoms with E-state index in [4.69, 9.17) is 4.74 Å². The normalized spacial score (nSPS) is 15.0. The average Bonchev–Trinajstić information content (AvgIpc) is 3.40. The zero-order valence-corrected chi connectivity index (χ0v) is 18.8. The van der Waals surface area contributed by atoms with Crippen LogP contribution in [0.15, 0.2) is 57.8 Å². The highest BCUT2D eigenvalue weighted by Gasteiger charge is 2.33. The molecule has 158 valence electrons. The molecule has 10 heteroatoms. The number of sulfonamides is 1. The van der Waals surface area contributed by atoms with E-state index in [0.29, 0.717) is 19.7 Å². The Morgan fingerprint density at radius 3 is 2.77 bits per heavy atom. The zero-order valence-electron chi connectivity index (χ0n) is 16.4. The predicted molar refractivity (Wildman–Crippen MR) is 118 cm³/mol. The summed E-state index contributed by atoms with van der Waals surface area (Å²) < 4.78 is 34.1. The lowest BCUT2D eigenvalue weighted by molar-refractivity contribution is -0.127. The molecule has 1 saturated heterocycles. The lowest BCUT2D eigenvalue weighted by atomic mass is 10.3. The van der Waals surface area contributed by atoms with Crippen LogP contribution in [0, 0.1) is 0 Å². The van der Waals surface area contributed by atoms with Gasteiger partial charge in [-0.2, -0.15) is 4.31 Å². The Labute approximate surface area is 183 Å². The van der Waals surface area contributed by atoms with Crippen LogP contribution in [0.3, 0.4) is 0 Å². The van der Waals surface area contributed by atoms with E-state index in [9.17, 15) is 13.2 Å². The zero-order chi connectivity index (χ0) is 21.1. The number of benzene rings is 2.